The first-order chi connectivity index (χ1) is 8.93. The van der Waals surface area contributed by atoms with Gasteiger partial charge in [-0.25, -0.2) is 12.8 Å². The van der Waals surface area contributed by atoms with Gasteiger partial charge in [-0.15, -0.1) is 0 Å². The predicted octanol–water partition coefficient (Wildman–Crippen LogP) is 1.84. The minimum Gasteiger partial charge on any atom is -0.396 e. The Hall–Kier alpha value is -0.790. The van der Waals surface area contributed by atoms with Gasteiger partial charge in [-0.05, 0) is 36.8 Å². The first-order valence-corrected chi connectivity index (χ1v) is 8.66. The Morgan fingerprint density at radius 1 is 1.32 bits per heavy atom. The highest BCUT2D eigenvalue weighted by Crippen LogP contribution is 2.25. The van der Waals surface area contributed by atoms with Crippen molar-refractivity contribution in [2.24, 2.45) is 0 Å². The number of hydrogen-bond acceptors (Lipinski definition) is 4. The van der Waals surface area contributed by atoms with Crippen LogP contribution in [0, 0.1) is 12.7 Å². The molecule has 1 saturated heterocycles. The van der Waals surface area contributed by atoms with Crippen LogP contribution in [0.4, 0.5) is 10.1 Å². The Kier molecular flexibility index (Phi) is 4.37. The molecule has 1 aromatic carbocycles. The number of benzene rings is 1. The number of nitrogens with zero attached hydrogens (tertiary/aromatic N) is 1. The van der Waals surface area contributed by atoms with Crippen molar-refractivity contribution in [3.05, 3.63) is 23.5 Å². The molecule has 7 heteroatoms. The normalized spacial score (nSPS) is 18.2. The minimum atomic E-state index is -3.57. The first kappa shape index (κ1) is 14.6. The number of nitrogens with two attached hydrogens (primary N) is 1. The molecule has 1 aliphatic rings. The highest BCUT2D eigenvalue weighted by Gasteiger charge is 2.26. The second kappa shape index (κ2) is 5.68. The summed E-state index contributed by atoms with van der Waals surface area (Å²) in [7, 11) is -3.57. The minimum absolute atomic E-state index is 0.0794. The zero-order chi connectivity index (χ0) is 14.0. The van der Waals surface area contributed by atoms with Gasteiger partial charge in [0.2, 0.25) is 10.0 Å². The molecular weight excluding hydrogens is 287 g/mol. The molecule has 0 atom stereocenters. The fourth-order valence-corrected chi connectivity index (χ4v) is 4.63. The average Bonchev–Trinajstić information content (AvgIpc) is 2.64. The third kappa shape index (κ3) is 3.04. The Morgan fingerprint density at radius 2 is 2.05 bits per heavy atom. The summed E-state index contributed by atoms with van der Waals surface area (Å²) in [6.07, 6.45) is 0.833. The van der Waals surface area contributed by atoms with Gasteiger partial charge in [0.05, 0.1) is 10.6 Å². The van der Waals surface area contributed by atoms with Gasteiger partial charge in [-0.1, -0.05) is 0 Å². The molecule has 0 bridgehead atoms. The molecule has 0 spiro atoms. The van der Waals surface area contributed by atoms with Crippen LogP contribution in [0.5, 0.6) is 0 Å². The van der Waals surface area contributed by atoms with Gasteiger partial charge in [-0.3, -0.25) is 0 Å². The molecule has 1 aliphatic heterocycles. The van der Waals surface area contributed by atoms with Crippen molar-refractivity contribution in [2.45, 2.75) is 18.2 Å². The van der Waals surface area contributed by atoms with E-state index in [1.165, 1.54) is 23.4 Å². The SMILES string of the molecule is Cc1cc(S(=O)(=O)N2CCCSCC2)cc(N)c1F. The summed E-state index contributed by atoms with van der Waals surface area (Å²) >= 11 is 1.75. The second-order valence-electron chi connectivity index (χ2n) is 4.51. The lowest BCUT2D eigenvalue weighted by Crippen LogP contribution is -2.33. The molecular formula is C12H17FN2O2S2. The van der Waals surface area contributed by atoms with Gasteiger partial charge in [-0.2, -0.15) is 16.1 Å². The Morgan fingerprint density at radius 3 is 2.74 bits per heavy atom. The lowest BCUT2D eigenvalue weighted by Gasteiger charge is -2.20. The maximum Gasteiger partial charge on any atom is 0.243 e. The number of nitrogen functional groups attached to an aromatic ring is 1. The fraction of sp³-hybridized carbons (Fsp3) is 0.500. The van der Waals surface area contributed by atoms with E-state index in [0.29, 0.717) is 13.1 Å². The highest BCUT2D eigenvalue weighted by molar-refractivity contribution is 7.99. The Bertz CT molecular complexity index is 544. The monoisotopic (exact) mass is 304 g/mol. The van der Waals surface area contributed by atoms with E-state index in [-0.39, 0.29) is 16.1 Å². The summed E-state index contributed by atoms with van der Waals surface area (Å²) in [4.78, 5) is 0.0794. The van der Waals surface area contributed by atoms with E-state index in [9.17, 15) is 12.8 Å². The van der Waals surface area contributed by atoms with Crippen LogP contribution in [-0.2, 0) is 10.0 Å². The van der Waals surface area contributed by atoms with Crippen LogP contribution in [0.15, 0.2) is 17.0 Å². The molecule has 19 heavy (non-hydrogen) atoms. The molecule has 0 aliphatic carbocycles. The number of thioether (sulfide) groups is 1. The third-order valence-electron chi connectivity index (χ3n) is 3.08. The van der Waals surface area contributed by atoms with Gasteiger partial charge in [0, 0.05) is 18.8 Å². The van der Waals surface area contributed by atoms with Crippen molar-refractivity contribution in [1.29, 1.82) is 0 Å². The summed E-state index contributed by atoms with van der Waals surface area (Å²) in [5.41, 5.74) is 5.65. The summed E-state index contributed by atoms with van der Waals surface area (Å²) in [6, 6.07) is 2.55. The zero-order valence-corrected chi connectivity index (χ0v) is 12.4. The maximum absolute atomic E-state index is 13.5. The second-order valence-corrected chi connectivity index (χ2v) is 7.68. The summed E-state index contributed by atoms with van der Waals surface area (Å²) in [5.74, 6) is 1.20. The molecule has 0 amide bonds. The van der Waals surface area contributed by atoms with Crippen LogP contribution in [0.3, 0.4) is 0 Å². The van der Waals surface area contributed by atoms with E-state index in [4.69, 9.17) is 5.73 Å². The van der Waals surface area contributed by atoms with Crippen molar-refractivity contribution in [3.8, 4) is 0 Å². The predicted molar refractivity (Wildman–Crippen MR) is 76.3 cm³/mol. The van der Waals surface area contributed by atoms with E-state index >= 15 is 0 Å². The highest BCUT2D eigenvalue weighted by atomic mass is 32.2. The van der Waals surface area contributed by atoms with Crippen molar-refractivity contribution in [2.75, 3.05) is 30.3 Å². The number of aryl methyl sites for hydroxylation is 1. The van der Waals surface area contributed by atoms with E-state index in [0.717, 1.165) is 17.9 Å². The number of halogens is 1. The Balaban J connectivity index is 2.38. The lowest BCUT2D eigenvalue weighted by atomic mass is 10.2. The van der Waals surface area contributed by atoms with Crippen molar-refractivity contribution in [3.63, 3.8) is 0 Å². The van der Waals surface area contributed by atoms with Crippen LogP contribution in [-0.4, -0.2) is 37.3 Å². The van der Waals surface area contributed by atoms with Crippen LogP contribution >= 0.6 is 11.8 Å². The summed E-state index contributed by atoms with van der Waals surface area (Å²) in [5, 5.41) is 0. The first-order valence-electron chi connectivity index (χ1n) is 6.06. The molecule has 1 heterocycles. The summed E-state index contributed by atoms with van der Waals surface area (Å²) < 4.78 is 39.9. The molecule has 2 rings (SSSR count). The lowest BCUT2D eigenvalue weighted by molar-refractivity contribution is 0.435. The van der Waals surface area contributed by atoms with E-state index < -0.39 is 15.8 Å². The van der Waals surface area contributed by atoms with Gasteiger partial charge in [0.1, 0.15) is 5.82 Å². The van der Waals surface area contributed by atoms with E-state index in [2.05, 4.69) is 0 Å². The van der Waals surface area contributed by atoms with Crippen LogP contribution in [0.2, 0.25) is 0 Å². The molecule has 106 valence electrons. The molecule has 0 radical (unpaired) electrons. The van der Waals surface area contributed by atoms with Gasteiger partial charge < -0.3 is 5.73 Å². The molecule has 0 aromatic heterocycles. The number of hydrogen-bond donors (Lipinski definition) is 1. The van der Waals surface area contributed by atoms with Crippen molar-refractivity contribution in [1.82, 2.24) is 4.31 Å². The van der Waals surface area contributed by atoms with Crippen LogP contribution < -0.4 is 5.73 Å². The largest absolute Gasteiger partial charge is 0.396 e. The number of rotatable bonds is 2. The van der Waals surface area contributed by atoms with Crippen LogP contribution in [0.25, 0.3) is 0 Å². The smallest absolute Gasteiger partial charge is 0.243 e. The molecule has 4 nitrogen and oxygen atoms in total. The average molecular weight is 304 g/mol. The van der Waals surface area contributed by atoms with E-state index in [1.807, 2.05) is 0 Å². The molecule has 0 unspecified atom stereocenters. The van der Waals surface area contributed by atoms with Gasteiger partial charge in [0.25, 0.3) is 0 Å². The maximum atomic E-state index is 13.5. The third-order valence-corrected chi connectivity index (χ3v) is 6.00. The quantitative estimate of drug-likeness (QED) is 0.847. The zero-order valence-electron chi connectivity index (χ0n) is 10.7. The molecule has 1 fully saturated rings. The fourth-order valence-electron chi connectivity index (χ4n) is 2.02. The molecule has 2 N–H and O–H groups in total. The van der Waals surface area contributed by atoms with Gasteiger partial charge in [0.15, 0.2) is 0 Å². The standard InChI is InChI=1S/C12H17FN2O2S2/c1-9-7-10(8-11(14)12(9)13)19(16,17)15-3-2-5-18-6-4-15/h7-8H,2-6,14H2,1H3. The van der Waals surface area contributed by atoms with Gasteiger partial charge >= 0.3 is 0 Å². The topological polar surface area (TPSA) is 63.4 Å². The van der Waals surface area contributed by atoms with Crippen LogP contribution in [0.1, 0.15) is 12.0 Å². The van der Waals surface area contributed by atoms with Crippen molar-refractivity contribution >= 4 is 27.5 Å². The molecule has 1 aromatic rings. The number of anilines is 1. The van der Waals surface area contributed by atoms with Crippen molar-refractivity contribution < 1.29 is 12.8 Å². The van der Waals surface area contributed by atoms with E-state index in [1.54, 1.807) is 11.8 Å². The Labute approximate surface area is 117 Å². The molecule has 0 saturated carbocycles. The number of sulfonamides is 1. The summed E-state index contributed by atoms with van der Waals surface area (Å²) in [6.45, 7) is 2.51.